The Balaban J connectivity index is 2.21. The fourth-order valence-corrected chi connectivity index (χ4v) is 4.00. The molecule has 0 radical (unpaired) electrons. The van der Waals surface area contributed by atoms with Crippen LogP contribution in [0.5, 0.6) is 5.75 Å². The van der Waals surface area contributed by atoms with E-state index in [0.29, 0.717) is 23.2 Å². The highest BCUT2D eigenvalue weighted by Crippen LogP contribution is 2.37. The predicted molar refractivity (Wildman–Crippen MR) is 93.7 cm³/mol. The van der Waals surface area contributed by atoms with Gasteiger partial charge in [0.05, 0.1) is 5.39 Å². The molecule has 0 bridgehead atoms. The van der Waals surface area contributed by atoms with Crippen LogP contribution in [-0.4, -0.2) is 30.5 Å². The molecule has 2 heterocycles. The number of aromatic nitrogens is 1. The number of nitrogens with one attached hydrogen (secondary N) is 1. The second-order valence-electron chi connectivity index (χ2n) is 6.56. The van der Waals surface area contributed by atoms with Crippen LogP contribution < -0.4 is 14.6 Å². The summed E-state index contributed by atoms with van der Waals surface area (Å²) in [5.41, 5.74) is -1.34. The number of carbonyl (C=O) groups excluding carboxylic acids is 1. The average molecular weight is 383 g/mol. The number of hydrogen-bond donors (Lipinski definition) is 2. The smallest absolute Gasteiger partial charge is 0.326 e. The fourth-order valence-electron chi connectivity index (χ4n) is 2.83. The lowest BCUT2D eigenvalue weighted by Crippen LogP contribution is -2.31. The van der Waals surface area contributed by atoms with Crippen molar-refractivity contribution < 1.29 is 22.7 Å². The zero-order valence-corrected chi connectivity index (χ0v) is 15.0. The maximum atomic E-state index is 15.1. The SMILES string of the molecule is CC(C)CCn1ccc2cc(O)c(N3CC(=O)NS3(=O)=O)c(F)c2c1=O. The first-order chi connectivity index (χ1) is 12.1. The minimum absolute atomic E-state index is 0.144. The molecular weight excluding hydrogens is 365 g/mol. The lowest BCUT2D eigenvalue weighted by atomic mass is 10.1. The fraction of sp³-hybridized carbons (Fsp3) is 0.375. The third-order valence-electron chi connectivity index (χ3n) is 4.18. The van der Waals surface area contributed by atoms with E-state index in [-0.39, 0.29) is 10.8 Å². The molecule has 2 aromatic rings. The summed E-state index contributed by atoms with van der Waals surface area (Å²) >= 11 is 0. The molecule has 2 N–H and O–H groups in total. The molecule has 140 valence electrons. The van der Waals surface area contributed by atoms with Crippen molar-refractivity contribution in [2.45, 2.75) is 26.8 Å². The van der Waals surface area contributed by atoms with Gasteiger partial charge in [0, 0.05) is 12.7 Å². The van der Waals surface area contributed by atoms with Gasteiger partial charge in [-0.05, 0) is 29.9 Å². The van der Waals surface area contributed by atoms with Crippen LogP contribution in [0.25, 0.3) is 10.8 Å². The summed E-state index contributed by atoms with van der Waals surface area (Å²) in [4.78, 5) is 24.1. The maximum absolute atomic E-state index is 15.1. The van der Waals surface area contributed by atoms with Gasteiger partial charge in [0.1, 0.15) is 18.0 Å². The van der Waals surface area contributed by atoms with E-state index in [1.807, 2.05) is 13.8 Å². The number of fused-ring (bicyclic) bond motifs is 1. The zero-order chi connectivity index (χ0) is 19.2. The molecule has 0 spiro atoms. The van der Waals surface area contributed by atoms with E-state index in [4.69, 9.17) is 0 Å². The maximum Gasteiger partial charge on any atom is 0.326 e. The molecule has 8 nitrogen and oxygen atoms in total. The Bertz CT molecular complexity index is 1060. The van der Waals surface area contributed by atoms with Gasteiger partial charge >= 0.3 is 10.2 Å². The summed E-state index contributed by atoms with van der Waals surface area (Å²) in [5, 5.41) is 9.92. The number of hydrogen-bond acceptors (Lipinski definition) is 5. The van der Waals surface area contributed by atoms with Crippen LogP contribution in [0.3, 0.4) is 0 Å². The Morgan fingerprint density at radius 2 is 2.04 bits per heavy atom. The minimum Gasteiger partial charge on any atom is -0.506 e. The van der Waals surface area contributed by atoms with Crippen LogP contribution in [0.15, 0.2) is 23.1 Å². The van der Waals surface area contributed by atoms with Gasteiger partial charge in [-0.3, -0.25) is 9.59 Å². The number of rotatable bonds is 4. The molecule has 1 aliphatic rings. The molecule has 1 aliphatic heterocycles. The van der Waals surface area contributed by atoms with E-state index in [0.717, 1.165) is 6.07 Å². The second kappa shape index (κ2) is 6.27. The van der Waals surface area contributed by atoms with Crippen molar-refractivity contribution in [2.24, 2.45) is 5.92 Å². The van der Waals surface area contributed by atoms with Gasteiger partial charge in [-0.25, -0.2) is 13.4 Å². The van der Waals surface area contributed by atoms with Crippen LogP contribution >= 0.6 is 0 Å². The van der Waals surface area contributed by atoms with Crippen molar-refractivity contribution in [3.63, 3.8) is 0 Å². The third-order valence-corrected chi connectivity index (χ3v) is 5.55. The normalized spacial score (nSPS) is 16.5. The highest BCUT2D eigenvalue weighted by atomic mass is 32.2. The highest BCUT2D eigenvalue weighted by molar-refractivity contribution is 7.92. The summed E-state index contributed by atoms with van der Waals surface area (Å²) in [6.45, 7) is 3.69. The first-order valence-corrected chi connectivity index (χ1v) is 9.43. The Hall–Kier alpha value is -2.62. The van der Waals surface area contributed by atoms with Gasteiger partial charge in [0.25, 0.3) is 11.5 Å². The Kier molecular flexibility index (Phi) is 4.39. The van der Waals surface area contributed by atoms with Gasteiger partial charge < -0.3 is 9.67 Å². The number of carbonyl (C=O) groups is 1. The largest absolute Gasteiger partial charge is 0.506 e. The van der Waals surface area contributed by atoms with Crippen molar-refractivity contribution in [3.8, 4) is 5.75 Å². The van der Waals surface area contributed by atoms with Gasteiger partial charge in [0.15, 0.2) is 5.82 Å². The van der Waals surface area contributed by atoms with Gasteiger partial charge in [-0.15, -0.1) is 0 Å². The van der Waals surface area contributed by atoms with Crippen molar-refractivity contribution >= 4 is 32.6 Å². The van der Waals surface area contributed by atoms with Crippen LogP contribution in [0.1, 0.15) is 20.3 Å². The molecule has 3 rings (SSSR count). The van der Waals surface area contributed by atoms with E-state index < -0.39 is 45.5 Å². The lowest BCUT2D eigenvalue weighted by molar-refractivity contribution is -0.117. The van der Waals surface area contributed by atoms with E-state index in [2.05, 4.69) is 0 Å². The Morgan fingerprint density at radius 3 is 2.62 bits per heavy atom. The summed E-state index contributed by atoms with van der Waals surface area (Å²) in [5.74, 6) is -2.37. The predicted octanol–water partition coefficient (Wildman–Crippen LogP) is 1.07. The first-order valence-electron chi connectivity index (χ1n) is 7.99. The van der Waals surface area contributed by atoms with E-state index in [1.54, 1.807) is 4.72 Å². The molecule has 0 aliphatic carbocycles. The Labute approximate surface area is 149 Å². The summed E-state index contributed by atoms with van der Waals surface area (Å²) in [6.07, 6.45) is 2.21. The van der Waals surface area contributed by atoms with Crippen LogP contribution in [-0.2, 0) is 21.5 Å². The minimum atomic E-state index is -4.32. The number of halogens is 1. The third kappa shape index (κ3) is 3.00. The van der Waals surface area contributed by atoms with Crippen molar-refractivity contribution in [3.05, 3.63) is 34.5 Å². The molecule has 1 fully saturated rings. The van der Waals surface area contributed by atoms with Crippen molar-refractivity contribution in [2.75, 3.05) is 10.8 Å². The van der Waals surface area contributed by atoms with Crippen molar-refractivity contribution in [1.82, 2.24) is 9.29 Å². The topological polar surface area (TPSA) is 109 Å². The standard InChI is InChI=1S/C16H18FN3O5S/c1-9(2)3-5-19-6-4-10-7-11(21)15(14(17)13(10)16(19)23)20-8-12(22)18-26(20,24)25/h4,6-7,9,21H,3,5,8H2,1-2H3,(H,18,22). The molecule has 0 saturated carbocycles. The number of aryl methyl sites for hydroxylation is 1. The number of benzene rings is 1. The molecule has 0 unspecified atom stereocenters. The molecule has 1 aromatic carbocycles. The van der Waals surface area contributed by atoms with E-state index >= 15 is 4.39 Å². The van der Waals surface area contributed by atoms with Gasteiger partial charge in [-0.2, -0.15) is 8.42 Å². The monoisotopic (exact) mass is 383 g/mol. The molecule has 0 atom stereocenters. The van der Waals surface area contributed by atoms with E-state index in [1.165, 1.54) is 16.8 Å². The Morgan fingerprint density at radius 1 is 1.35 bits per heavy atom. The highest BCUT2D eigenvalue weighted by Gasteiger charge is 2.38. The van der Waals surface area contributed by atoms with Gasteiger partial charge in [0.2, 0.25) is 0 Å². The number of amides is 1. The van der Waals surface area contributed by atoms with Crippen LogP contribution in [0.4, 0.5) is 10.1 Å². The molecule has 10 heteroatoms. The molecule has 1 aromatic heterocycles. The molecular formula is C16H18FN3O5S. The number of phenols is 1. The number of nitrogens with zero attached hydrogens (tertiary/aromatic N) is 2. The zero-order valence-electron chi connectivity index (χ0n) is 14.2. The van der Waals surface area contributed by atoms with Gasteiger partial charge in [-0.1, -0.05) is 13.8 Å². The number of pyridine rings is 1. The number of aromatic hydroxyl groups is 1. The van der Waals surface area contributed by atoms with Crippen LogP contribution in [0.2, 0.25) is 0 Å². The summed E-state index contributed by atoms with van der Waals surface area (Å²) in [6, 6.07) is 2.59. The number of anilines is 1. The average Bonchev–Trinajstić information content (AvgIpc) is 2.78. The molecule has 26 heavy (non-hydrogen) atoms. The first kappa shape index (κ1) is 18.2. The summed E-state index contributed by atoms with van der Waals surface area (Å²) in [7, 11) is -4.32. The summed E-state index contributed by atoms with van der Waals surface area (Å²) < 4.78 is 42.5. The quantitative estimate of drug-likeness (QED) is 0.821. The molecule has 1 saturated heterocycles. The van der Waals surface area contributed by atoms with E-state index in [9.17, 15) is 23.1 Å². The van der Waals surface area contributed by atoms with Crippen molar-refractivity contribution in [1.29, 1.82) is 0 Å². The number of phenolic OH excluding ortho intramolecular Hbond substituents is 1. The second-order valence-corrected chi connectivity index (χ2v) is 8.15. The lowest BCUT2D eigenvalue weighted by Gasteiger charge is -2.18. The molecule has 1 amide bonds. The van der Waals surface area contributed by atoms with Crippen LogP contribution in [0, 0.1) is 11.7 Å².